The average molecular weight is 276 g/mol. The Morgan fingerprint density at radius 3 is 2.21 bits per heavy atom. The van der Waals surface area contributed by atoms with E-state index in [-0.39, 0.29) is 6.73 Å². The van der Waals surface area contributed by atoms with Crippen LogP contribution in [0.25, 0.3) is 0 Å². The van der Waals surface area contributed by atoms with Gasteiger partial charge < -0.3 is 20.8 Å². The summed E-state index contributed by atoms with van der Waals surface area (Å²) in [5.74, 6) is -0.727. The van der Waals surface area contributed by atoms with E-state index in [2.05, 4.69) is 10.3 Å². The molecule has 0 aliphatic carbocycles. The van der Waals surface area contributed by atoms with Crippen molar-refractivity contribution in [3.05, 3.63) is 0 Å². The third kappa shape index (κ3) is 2.82. The van der Waals surface area contributed by atoms with Crippen molar-refractivity contribution in [2.45, 2.75) is 25.4 Å². The number of nitrogens with zero attached hydrogens (tertiary/aromatic N) is 4. The van der Waals surface area contributed by atoms with Gasteiger partial charge in [0.05, 0.1) is 6.73 Å². The number of aliphatic imine (C=N–C) groups is 1. The van der Waals surface area contributed by atoms with Gasteiger partial charge in [-0.25, -0.2) is 14.8 Å². The van der Waals surface area contributed by atoms with E-state index >= 15 is 0 Å². The largest absolute Gasteiger partial charge is 0.400 e. The highest BCUT2D eigenvalue weighted by Crippen LogP contribution is 2.31. The van der Waals surface area contributed by atoms with Crippen molar-refractivity contribution in [3.8, 4) is 0 Å². The molecule has 1 rings (SSSR count). The number of nitrogens with one attached hydrogen (secondary N) is 1. The summed E-state index contributed by atoms with van der Waals surface area (Å²) in [5.41, 5.74) is 5.96. The maximum absolute atomic E-state index is 9.39. The standard InChI is InChI=1S/C10H24N6O.CH4O/c1-9(12-3)13-8(11)15(5)10(2,16(9)6)14(4)7-17;1-2/h12,17H,7H2,1-6H3,(H2,11,13);2H,1H3. The molecule has 0 aromatic carbocycles. The van der Waals surface area contributed by atoms with Gasteiger partial charge in [-0.15, -0.1) is 0 Å². The van der Waals surface area contributed by atoms with Crippen LogP contribution in [0.3, 0.4) is 0 Å². The average Bonchev–Trinajstić information content (AvgIpc) is 2.44. The number of nitrogens with two attached hydrogens (primary N) is 1. The molecule has 1 aliphatic heterocycles. The topological polar surface area (TPSA) is 101 Å². The lowest BCUT2D eigenvalue weighted by Crippen LogP contribution is -2.77. The first-order valence-corrected chi connectivity index (χ1v) is 6.03. The number of rotatable bonds is 3. The quantitative estimate of drug-likeness (QED) is 0.453. The first-order valence-electron chi connectivity index (χ1n) is 6.03. The van der Waals surface area contributed by atoms with Crippen LogP contribution in [-0.4, -0.2) is 84.5 Å². The van der Waals surface area contributed by atoms with E-state index in [0.717, 1.165) is 7.11 Å². The van der Waals surface area contributed by atoms with Gasteiger partial charge >= 0.3 is 0 Å². The highest BCUT2D eigenvalue weighted by atomic mass is 16.3. The third-order valence-corrected chi connectivity index (χ3v) is 4.01. The Labute approximate surface area is 115 Å². The molecular formula is C11H28N6O2. The molecule has 0 radical (unpaired) electrons. The van der Waals surface area contributed by atoms with Gasteiger partial charge in [-0.3, -0.25) is 5.32 Å². The van der Waals surface area contributed by atoms with Crippen molar-refractivity contribution in [3.63, 3.8) is 0 Å². The number of aliphatic hydroxyl groups excluding tert-OH is 2. The zero-order valence-electron chi connectivity index (χ0n) is 13.0. The monoisotopic (exact) mass is 276 g/mol. The molecule has 0 amide bonds. The summed E-state index contributed by atoms with van der Waals surface area (Å²) in [7, 11) is 8.46. The highest BCUT2D eigenvalue weighted by Gasteiger charge is 2.50. The van der Waals surface area contributed by atoms with Crippen LogP contribution in [-0.2, 0) is 0 Å². The molecule has 19 heavy (non-hydrogen) atoms. The molecule has 2 atom stereocenters. The SMILES string of the molecule is CNC1(C)N=C(N)N(C)C(C)(N(C)CO)N1C.CO. The maximum Gasteiger partial charge on any atom is 0.196 e. The normalized spacial score (nSPS) is 31.9. The summed E-state index contributed by atoms with van der Waals surface area (Å²) in [6, 6.07) is 0. The molecule has 0 spiro atoms. The smallest absolute Gasteiger partial charge is 0.196 e. The van der Waals surface area contributed by atoms with E-state index in [0.29, 0.717) is 5.96 Å². The molecule has 0 saturated heterocycles. The fourth-order valence-electron chi connectivity index (χ4n) is 2.10. The fraction of sp³-hybridized carbons (Fsp3) is 0.909. The lowest BCUT2D eigenvalue weighted by molar-refractivity contribution is -0.177. The van der Waals surface area contributed by atoms with Crippen molar-refractivity contribution in [2.75, 3.05) is 42.0 Å². The minimum Gasteiger partial charge on any atom is -0.400 e. The molecular weight excluding hydrogens is 248 g/mol. The summed E-state index contributed by atoms with van der Waals surface area (Å²) < 4.78 is 0. The second-order valence-electron chi connectivity index (χ2n) is 4.67. The van der Waals surface area contributed by atoms with Gasteiger partial charge in [-0.05, 0) is 35.0 Å². The van der Waals surface area contributed by atoms with Gasteiger partial charge in [0.15, 0.2) is 17.5 Å². The number of hydrogen-bond donors (Lipinski definition) is 4. The van der Waals surface area contributed by atoms with Crippen molar-refractivity contribution >= 4 is 5.96 Å². The Bertz CT molecular complexity index is 326. The zero-order valence-corrected chi connectivity index (χ0v) is 13.0. The third-order valence-electron chi connectivity index (χ3n) is 4.01. The highest BCUT2D eigenvalue weighted by molar-refractivity contribution is 5.79. The molecule has 5 N–H and O–H groups in total. The molecule has 114 valence electrons. The predicted octanol–water partition coefficient (Wildman–Crippen LogP) is -1.76. The van der Waals surface area contributed by atoms with Gasteiger partial charge in [-0.1, -0.05) is 0 Å². The molecule has 0 aromatic rings. The Balaban J connectivity index is 0.00000154. The number of aliphatic hydroxyl groups is 2. The van der Waals surface area contributed by atoms with Crippen LogP contribution in [0.4, 0.5) is 0 Å². The second-order valence-corrected chi connectivity index (χ2v) is 4.67. The minimum atomic E-state index is -0.602. The summed E-state index contributed by atoms with van der Waals surface area (Å²) >= 11 is 0. The van der Waals surface area contributed by atoms with E-state index in [9.17, 15) is 5.11 Å². The van der Waals surface area contributed by atoms with Crippen LogP contribution in [0.1, 0.15) is 13.8 Å². The molecule has 8 nitrogen and oxygen atoms in total. The first-order chi connectivity index (χ1) is 8.74. The van der Waals surface area contributed by atoms with Crippen LogP contribution in [0.2, 0.25) is 0 Å². The summed E-state index contributed by atoms with van der Waals surface area (Å²) in [6.45, 7) is 3.86. The van der Waals surface area contributed by atoms with Gasteiger partial charge in [-0.2, -0.15) is 0 Å². The van der Waals surface area contributed by atoms with Crippen LogP contribution in [0, 0.1) is 0 Å². The van der Waals surface area contributed by atoms with Gasteiger partial charge in [0.1, 0.15) is 0 Å². The number of hydrogen-bond acceptors (Lipinski definition) is 8. The summed E-state index contributed by atoms with van der Waals surface area (Å²) in [6.07, 6.45) is 0. The maximum atomic E-state index is 9.39. The Morgan fingerprint density at radius 2 is 1.84 bits per heavy atom. The molecule has 2 unspecified atom stereocenters. The summed E-state index contributed by atoms with van der Waals surface area (Å²) in [4.78, 5) is 10.1. The van der Waals surface area contributed by atoms with E-state index in [4.69, 9.17) is 10.8 Å². The Morgan fingerprint density at radius 1 is 1.37 bits per heavy atom. The Hall–Kier alpha value is -0.930. The van der Waals surface area contributed by atoms with Crippen LogP contribution in [0.5, 0.6) is 0 Å². The van der Waals surface area contributed by atoms with E-state index in [1.807, 2.05) is 51.8 Å². The molecule has 1 aliphatic rings. The molecule has 8 heteroatoms. The van der Waals surface area contributed by atoms with Crippen LogP contribution < -0.4 is 11.1 Å². The zero-order chi connectivity index (χ0) is 15.4. The van der Waals surface area contributed by atoms with Crippen LogP contribution >= 0.6 is 0 Å². The molecule has 0 saturated carbocycles. The fourth-order valence-corrected chi connectivity index (χ4v) is 2.10. The van der Waals surface area contributed by atoms with Crippen molar-refractivity contribution in [1.29, 1.82) is 0 Å². The van der Waals surface area contributed by atoms with E-state index in [1.165, 1.54) is 0 Å². The lowest BCUT2D eigenvalue weighted by atomic mass is 10.2. The molecule has 0 bridgehead atoms. The molecule has 0 fully saturated rings. The van der Waals surface area contributed by atoms with Gasteiger partial charge in [0.2, 0.25) is 0 Å². The minimum absolute atomic E-state index is 0.0712. The summed E-state index contributed by atoms with van der Waals surface area (Å²) in [5, 5.41) is 19.5. The van der Waals surface area contributed by atoms with E-state index in [1.54, 1.807) is 4.90 Å². The molecule has 1 heterocycles. The van der Waals surface area contributed by atoms with Crippen LogP contribution in [0.15, 0.2) is 4.99 Å². The number of guanidine groups is 1. The first kappa shape index (κ1) is 18.1. The van der Waals surface area contributed by atoms with Crippen molar-refractivity contribution in [1.82, 2.24) is 20.0 Å². The second kappa shape index (κ2) is 6.49. The molecule has 0 aromatic heterocycles. The van der Waals surface area contributed by atoms with Gasteiger partial charge in [0, 0.05) is 14.2 Å². The van der Waals surface area contributed by atoms with E-state index < -0.39 is 11.6 Å². The van der Waals surface area contributed by atoms with Crippen molar-refractivity contribution < 1.29 is 10.2 Å². The predicted molar refractivity (Wildman–Crippen MR) is 76.0 cm³/mol. The van der Waals surface area contributed by atoms with Gasteiger partial charge in [0.25, 0.3) is 0 Å². The Kier molecular flexibility index (Phi) is 6.17. The lowest BCUT2D eigenvalue weighted by Gasteiger charge is -2.58. The van der Waals surface area contributed by atoms with Crippen molar-refractivity contribution in [2.24, 2.45) is 10.7 Å².